The maximum absolute atomic E-state index is 12.0. The van der Waals surface area contributed by atoms with E-state index in [1.165, 1.54) is 0 Å². The molecule has 0 aliphatic carbocycles. The zero-order valence-electron chi connectivity index (χ0n) is 10.2. The van der Waals surface area contributed by atoms with Crippen LogP contribution in [0.2, 0.25) is 0 Å². The van der Waals surface area contributed by atoms with Gasteiger partial charge in [-0.15, -0.1) is 12.4 Å². The minimum Gasteiger partial charge on any atom is -0.313 e. The number of rotatable bonds is 3. The van der Waals surface area contributed by atoms with Gasteiger partial charge in [-0.1, -0.05) is 0 Å². The Hall–Kier alpha value is 0.120. The highest BCUT2D eigenvalue weighted by Crippen LogP contribution is 2.15. The van der Waals surface area contributed by atoms with Crippen molar-refractivity contribution in [3.8, 4) is 0 Å². The van der Waals surface area contributed by atoms with Crippen molar-refractivity contribution in [2.24, 2.45) is 0 Å². The molecule has 0 saturated carbocycles. The number of hydrogen-bond donors (Lipinski definition) is 2. The second kappa shape index (κ2) is 6.33. The second-order valence-corrected chi connectivity index (χ2v) is 6.42. The Kier molecular flexibility index (Phi) is 5.66. The Morgan fingerprint density at radius 2 is 1.88 bits per heavy atom. The summed E-state index contributed by atoms with van der Waals surface area (Å²) in [6.07, 6.45) is 3.94. The molecule has 0 amide bonds. The summed E-state index contributed by atoms with van der Waals surface area (Å²) in [5, 5.41) is 3.30. The topological polar surface area (TPSA) is 61.4 Å². The molecule has 2 aliphatic rings. The highest BCUT2D eigenvalue weighted by atomic mass is 35.5. The summed E-state index contributed by atoms with van der Waals surface area (Å²) >= 11 is 0. The lowest BCUT2D eigenvalue weighted by Crippen LogP contribution is -2.54. The standard InChI is InChI=1S/C10H21N3O2S.ClH/c1-9-10(5-4-6-11-9)12-16(14,15)13-7-2-3-8-13;/h9-12H,2-8H2,1H3;1H. The SMILES string of the molecule is CC1NCCCC1NS(=O)(=O)N1CCCC1.Cl. The number of nitrogens with one attached hydrogen (secondary N) is 2. The van der Waals surface area contributed by atoms with Crippen LogP contribution in [-0.4, -0.2) is 44.4 Å². The number of piperidine rings is 1. The molecule has 0 radical (unpaired) electrons. The van der Waals surface area contributed by atoms with E-state index in [2.05, 4.69) is 10.0 Å². The predicted octanol–water partition coefficient (Wildman–Crippen LogP) is 0.479. The molecule has 17 heavy (non-hydrogen) atoms. The van der Waals surface area contributed by atoms with Crippen molar-refractivity contribution in [1.29, 1.82) is 0 Å². The molecule has 2 fully saturated rings. The number of hydrogen-bond acceptors (Lipinski definition) is 3. The average Bonchev–Trinajstić information content (AvgIpc) is 2.75. The molecule has 2 heterocycles. The van der Waals surface area contributed by atoms with Crippen LogP contribution in [-0.2, 0) is 10.2 Å². The summed E-state index contributed by atoms with van der Waals surface area (Å²) in [6.45, 7) is 4.37. The van der Waals surface area contributed by atoms with Gasteiger partial charge in [0.1, 0.15) is 0 Å². The minimum absolute atomic E-state index is 0. The van der Waals surface area contributed by atoms with Crippen LogP contribution in [0.5, 0.6) is 0 Å². The van der Waals surface area contributed by atoms with Crippen LogP contribution in [0.15, 0.2) is 0 Å². The van der Waals surface area contributed by atoms with E-state index >= 15 is 0 Å². The van der Waals surface area contributed by atoms with Crippen LogP contribution in [0, 0.1) is 0 Å². The molecule has 2 atom stereocenters. The fraction of sp³-hybridized carbons (Fsp3) is 1.00. The van der Waals surface area contributed by atoms with Gasteiger partial charge in [0.25, 0.3) is 10.2 Å². The Bertz CT molecular complexity index is 330. The van der Waals surface area contributed by atoms with Crippen LogP contribution in [0.25, 0.3) is 0 Å². The Balaban J connectivity index is 0.00000144. The lowest BCUT2D eigenvalue weighted by atomic mass is 10.0. The van der Waals surface area contributed by atoms with E-state index in [-0.39, 0.29) is 24.5 Å². The summed E-state index contributed by atoms with van der Waals surface area (Å²) in [7, 11) is -3.25. The zero-order chi connectivity index (χ0) is 11.6. The molecule has 2 N–H and O–H groups in total. The van der Waals surface area contributed by atoms with E-state index in [1.54, 1.807) is 4.31 Å². The molecule has 5 nitrogen and oxygen atoms in total. The van der Waals surface area contributed by atoms with Crippen LogP contribution in [0.4, 0.5) is 0 Å². The average molecular weight is 284 g/mol. The molecule has 0 aromatic rings. The van der Waals surface area contributed by atoms with Crippen LogP contribution < -0.4 is 10.0 Å². The third-order valence-electron chi connectivity index (χ3n) is 3.47. The van der Waals surface area contributed by atoms with Gasteiger partial charge < -0.3 is 5.32 Å². The van der Waals surface area contributed by atoms with E-state index in [0.717, 1.165) is 32.2 Å². The quantitative estimate of drug-likeness (QED) is 0.792. The highest BCUT2D eigenvalue weighted by molar-refractivity contribution is 7.87. The largest absolute Gasteiger partial charge is 0.313 e. The van der Waals surface area contributed by atoms with E-state index in [1.807, 2.05) is 6.92 Å². The molecule has 7 heteroatoms. The molecule has 0 aromatic carbocycles. The van der Waals surface area contributed by atoms with E-state index in [9.17, 15) is 8.42 Å². The van der Waals surface area contributed by atoms with Crippen molar-refractivity contribution >= 4 is 22.6 Å². The highest BCUT2D eigenvalue weighted by Gasteiger charge is 2.30. The van der Waals surface area contributed by atoms with Crippen LogP contribution >= 0.6 is 12.4 Å². The molecule has 2 saturated heterocycles. The molecule has 2 unspecified atom stereocenters. The van der Waals surface area contributed by atoms with Crippen molar-refractivity contribution in [2.75, 3.05) is 19.6 Å². The molecular weight excluding hydrogens is 262 g/mol. The summed E-state index contributed by atoms with van der Waals surface area (Å²) < 4.78 is 28.5. The molecular formula is C10H22ClN3O2S. The van der Waals surface area contributed by atoms with Gasteiger partial charge in [0, 0.05) is 25.2 Å². The van der Waals surface area contributed by atoms with Crippen molar-refractivity contribution < 1.29 is 8.42 Å². The second-order valence-electron chi connectivity index (χ2n) is 4.72. The van der Waals surface area contributed by atoms with Gasteiger partial charge >= 0.3 is 0 Å². The Morgan fingerprint density at radius 3 is 2.47 bits per heavy atom. The first-order valence-electron chi connectivity index (χ1n) is 6.10. The van der Waals surface area contributed by atoms with Gasteiger partial charge in [-0.25, -0.2) is 0 Å². The van der Waals surface area contributed by atoms with E-state index < -0.39 is 10.2 Å². The van der Waals surface area contributed by atoms with E-state index in [4.69, 9.17) is 0 Å². The Labute approximate surface area is 110 Å². The molecule has 0 spiro atoms. The maximum atomic E-state index is 12.0. The summed E-state index contributed by atoms with van der Waals surface area (Å²) in [6, 6.07) is 0.269. The first kappa shape index (κ1) is 15.2. The summed E-state index contributed by atoms with van der Waals surface area (Å²) in [4.78, 5) is 0. The molecule has 0 bridgehead atoms. The van der Waals surface area contributed by atoms with Crippen LogP contribution in [0.3, 0.4) is 0 Å². The predicted molar refractivity (Wildman–Crippen MR) is 70.6 cm³/mol. The molecule has 0 aromatic heterocycles. The van der Waals surface area contributed by atoms with Crippen molar-refractivity contribution in [2.45, 2.75) is 44.7 Å². The van der Waals surface area contributed by atoms with Crippen molar-refractivity contribution in [1.82, 2.24) is 14.3 Å². The lowest BCUT2D eigenvalue weighted by Gasteiger charge is -2.31. The number of nitrogens with zero attached hydrogens (tertiary/aromatic N) is 1. The Morgan fingerprint density at radius 1 is 1.24 bits per heavy atom. The van der Waals surface area contributed by atoms with Crippen molar-refractivity contribution in [3.63, 3.8) is 0 Å². The summed E-state index contributed by atoms with van der Waals surface area (Å²) in [5.74, 6) is 0. The smallest absolute Gasteiger partial charge is 0.279 e. The van der Waals surface area contributed by atoms with Gasteiger partial charge in [0.05, 0.1) is 0 Å². The fourth-order valence-corrected chi connectivity index (χ4v) is 3.99. The van der Waals surface area contributed by atoms with E-state index in [0.29, 0.717) is 13.1 Å². The van der Waals surface area contributed by atoms with Gasteiger partial charge in [-0.05, 0) is 39.2 Å². The third-order valence-corrected chi connectivity index (χ3v) is 5.11. The van der Waals surface area contributed by atoms with Crippen molar-refractivity contribution in [3.05, 3.63) is 0 Å². The number of halogens is 1. The lowest BCUT2D eigenvalue weighted by molar-refractivity contribution is 0.340. The monoisotopic (exact) mass is 283 g/mol. The maximum Gasteiger partial charge on any atom is 0.279 e. The van der Waals surface area contributed by atoms with Gasteiger partial charge in [0.15, 0.2) is 0 Å². The normalized spacial score (nSPS) is 31.1. The van der Waals surface area contributed by atoms with Crippen LogP contribution in [0.1, 0.15) is 32.6 Å². The molecule has 2 aliphatic heterocycles. The third kappa shape index (κ3) is 3.79. The fourth-order valence-electron chi connectivity index (χ4n) is 2.40. The zero-order valence-corrected chi connectivity index (χ0v) is 11.8. The first-order valence-corrected chi connectivity index (χ1v) is 7.54. The van der Waals surface area contributed by atoms with Gasteiger partial charge in [-0.2, -0.15) is 17.4 Å². The first-order chi connectivity index (χ1) is 7.59. The molecule has 2 rings (SSSR count). The summed E-state index contributed by atoms with van der Waals surface area (Å²) in [5.41, 5.74) is 0. The minimum atomic E-state index is -3.25. The van der Waals surface area contributed by atoms with Gasteiger partial charge in [-0.3, -0.25) is 0 Å². The molecule has 102 valence electrons. The van der Waals surface area contributed by atoms with Gasteiger partial charge in [0.2, 0.25) is 0 Å².